The summed E-state index contributed by atoms with van der Waals surface area (Å²) in [5.74, 6) is 0. The zero-order valence-corrected chi connectivity index (χ0v) is 61.0. The second kappa shape index (κ2) is 41.0. The topological polar surface area (TPSA) is 265 Å². The van der Waals surface area contributed by atoms with Gasteiger partial charge in [-0.1, -0.05) is 13.8 Å². The number of nitrogens with zero attached hydrogens (tertiary/aromatic N) is 10. The molecule has 0 bridgehead atoms. The van der Waals surface area contributed by atoms with Crippen molar-refractivity contribution in [1.82, 2.24) is 59.6 Å². The highest BCUT2D eigenvalue weighted by Gasteiger charge is 2.37. The van der Waals surface area contributed by atoms with E-state index in [-0.39, 0.29) is 35.2 Å². The summed E-state index contributed by atoms with van der Waals surface area (Å²) >= 11 is 0. The van der Waals surface area contributed by atoms with Gasteiger partial charge in [0.1, 0.15) is 0 Å². The van der Waals surface area contributed by atoms with Gasteiger partial charge in [-0.25, -0.2) is 0 Å². The Morgan fingerprint density at radius 3 is 0.826 bits per heavy atom. The largest absolute Gasteiger partial charge is 0.327 e. The number of piperazine rings is 5. The molecular weight excluding hydrogens is 1070 g/mol. The van der Waals surface area contributed by atoms with Crippen molar-refractivity contribution < 1.29 is 0 Å². The van der Waals surface area contributed by atoms with Gasteiger partial charge in [0.15, 0.2) is 0 Å². The Labute approximate surface area is 533 Å². The molecule has 0 spiro atoms. The van der Waals surface area contributed by atoms with Gasteiger partial charge in [-0.05, 0) is 165 Å². The van der Waals surface area contributed by atoms with Gasteiger partial charge < -0.3 is 56.5 Å². The Balaban J connectivity index is 0.000000538. The Kier molecular flexibility index (Phi) is 39.7. The molecule has 18 atom stereocenters. The van der Waals surface area contributed by atoms with Gasteiger partial charge in [-0.2, -0.15) is 0 Å². The first-order valence-corrected chi connectivity index (χ1v) is 34.6. The van der Waals surface area contributed by atoms with Crippen LogP contribution in [-0.2, 0) is 0 Å². The van der Waals surface area contributed by atoms with Crippen molar-refractivity contribution in [3.63, 3.8) is 0 Å². The Bertz CT molecular complexity index is 1580. The van der Waals surface area contributed by atoms with Crippen LogP contribution in [0.1, 0.15) is 165 Å². The lowest BCUT2D eigenvalue weighted by Crippen LogP contribution is -2.64. The van der Waals surface area contributed by atoms with Gasteiger partial charge in [0, 0.05) is 251 Å². The van der Waals surface area contributed by atoms with Crippen molar-refractivity contribution in [2.45, 2.75) is 285 Å². The second-order valence-corrected chi connectivity index (χ2v) is 30.2. The second-order valence-electron chi connectivity index (χ2n) is 30.2. The van der Waals surface area contributed by atoms with Crippen molar-refractivity contribution in [2.24, 2.45) is 45.9 Å². The summed E-state index contributed by atoms with van der Waals surface area (Å²) in [4.78, 5) is 25.3. The van der Waals surface area contributed by atoms with E-state index >= 15 is 0 Å². The van der Waals surface area contributed by atoms with Crippen LogP contribution in [0.5, 0.6) is 0 Å². The van der Waals surface area contributed by atoms with Crippen LogP contribution >= 0.6 is 0 Å². The van der Waals surface area contributed by atoms with Crippen LogP contribution in [0.15, 0.2) is 0 Å². The van der Waals surface area contributed by atoms with Gasteiger partial charge in [-0.3, -0.25) is 49.0 Å². The average Bonchev–Trinajstić information content (AvgIpc) is 2.25. The molecule has 5 aliphatic rings. The van der Waals surface area contributed by atoms with Gasteiger partial charge in [0.05, 0.1) is 0 Å². The molecule has 86 heavy (non-hydrogen) atoms. The highest BCUT2D eigenvalue weighted by atomic mass is 15.4. The Morgan fingerprint density at radius 1 is 0.360 bits per heavy atom. The molecule has 516 valence electrons. The lowest BCUT2D eigenvalue weighted by molar-refractivity contribution is -0.00838. The fraction of sp³-hybridized carbons (Fsp3) is 1.00. The highest BCUT2D eigenvalue weighted by molar-refractivity contribution is 4.95. The quantitative estimate of drug-likeness (QED) is 0.0666. The van der Waals surface area contributed by atoms with E-state index in [0.29, 0.717) is 84.6 Å². The predicted molar refractivity (Wildman–Crippen MR) is 375 cm³/mol. The first-order chi connectivity index (χ1) is 39.8. The van der Waals surface area contributed by atoms with E-state index < -0.39 is 0 Å². The average molecular weight is 1230 g/mol. The summed E-state index contributed by atoms with van der Waals surface area (Å²) in [6, 6.07) is 8.34. The molecule has 0 radical (unpaired) electrons. The third-order valence-electron chi connectivity index (χ3n) is 19.2. The van der Waals surface area contributed by atoms with Crippen molar-refractivity contribution in [3.05, 3.63) is 0 Å². The Hall–Kier alpha value is -0.800. The fourth-order valence-electron chi connectivity index (χ4n) is 13.2. The van der Waals surface area contributed by atoms with Gasteiger partial charge >= 0.3 is 0 Å². The zero-order chi connectivity index (χ0) is 66.1. The normalized spacial score (nSPS) is 30.8. The van der Waals surface area contributed by atoms with Crippen molar-refractivity contribution in [3.8, 4) is 0 Å². The molecule has 20 nitrogen and oxygen atoms in total. The Morgan fingerprint density at radius 2 is 0.593 bits per heavy atom. The molecule has 0 saturated carbocycles. The van der Waals surface area contributed by atoms with E-state index in [0.717, 1.165) is 118 Å². The molecule has 5 saturated heterocycles. The van der Waals surface area contributed by atoms with Crippen LogP contribution in [0.2, 0.25) is 0 Å². The highest BCUT2D eigenvalue weighted by Crippen LogP contribution is 2.23. The summed E-state index contributed by atoms with van der Waals surface area (Å²) in [5.41, 5.74) is 48.0. The van der Waals surface area contributed by atoms with Crippen LogP contribution in [0, 0.1) is 0 Å². The number of hydrogen-bond donors (Lipinski definition) is 10. The van der Waals surface area contributed by atoms with E-state index in [2.05, 4.69) is 212 Å². The zero-order valence-electron chi connectivity index (χ0n) is 61.0. The van der Waals surface area contributed by atoms with Gasteiger partial charge in [-0.15, -0.1) is 0 Å². The fourth-order valence-corrected chi connectivity index (χ4v) is 13.2. The van der Waals surface area contributed by atoms with Crippen LogP contribution < -0.4 is 56.5 Å². The molecule has 5 fully saturated rings. The third kappa shape index (κ3) is 31.7. The van der Waals surface area contributed by atoms with Crippen molar-refractivity contribution in [2.75, 3.05) is 145 Å². The first-order valence-electron chi connectivity index (χ1n) is 34.6. The molecule has 5 heterocycles. The molecule has 0 aliphatic carbocycles. The molecule has 18 unspecified atom stereocenters. The van der Waals surface area contributed by atoms with Crippen LogP contribution in [0.4, 0.5) is 0 Å². The van der Waals surface area contributed by atoms with Gasteiger partial charge in [0.25, 0.3) is 0 Å². The molecule has 20 heteroatoms. The number of nitrogens with one attached hydrogen (secondary N) is 2. The van der Waals surface area contributed by atoms with Crippen LogP contribution in [-0.4, -0.2) is 314 Å². The standard InChI is InChI=1S/3C14H32N4.2C12H28N4/c1-11-7-18(10-14(5,6)16)12(2)8-17(11)9-13(3,4)15;1-9-7-18(14(6)12(4)16)10(2)8-17(9)13(5)11(3)15;1-5-13(15)9-17-7-12(4)18(8-11(17)3)10-14(16)6-2;1-9(13)5-15-7-12(4)16(6-10(2)14)8-11(15)3;1-11-9-16(8-6-14-4)12(2)10-15(11)7-5-13-3/h11-12H,7-10,15-16H2,1-6H3;9-14H,7-8,15-16H2,1-6H3;11-14H,5-10,15-16H2,1-4H3;9-12H,5-8,13-14H2,1-4H3;11-14H,5-10H2,1-4H3. The van der Waals surface area contributed by atoms with E-state index in [1.807, 2.05) is 14.1 Å². The SMILES string of the molecule is CC(N)C(C)N1CC(C)N(C(C)C(C)N)CC1C.CC(N)CN1CC(C)N(CC(C)N)CC1C.CC1CN(CC(C)(C)N)C(C)CN1CC(C)(C)N.CCC(N)CN1CC(C)N(CC(N)CC)CC1C.CNCCN1CC(C)N(CCNC)CC1C. The van der Waals surface area contributed by atoms with E-state index in [1.165, 1.54) is 26.2 Å². The molecular formula is C66H152N20. The lowest BCUT2D eigenvalue weighted by atomic mass is 9.99. The minimum atomic E-state index is -0.122. The summed E-state index contributed by atoms with van der Waals surface area (Å²) in [7, 11) is 4.05. The number of nitrogens with two attached hydrogens (primary N) is 8. The maximum atomic E-state index is 6.14. The monoisotopic (exact) mass is 1230 g/mol. The number of hydrogen-bond acceptors (Lipinski definition) is 20. The van der Waals surface area contributed by atoms with Crippen LogP contribution in [0.25, 0.3) is 0 Å². The van der Waals surface area contributed by atoms with Crippen LogP contribution in [0.3, 0.4) is 0 Å². The maximum Gasteiger partial charge on any atom is 0.0226 e. The third-order valence-corrected chi connectivity index (χ3v) is 19.2. The van der Waals surface area contributed by atoms with Crippen molar-refractivity contribution in [1.29, 1.82) is 0 Å². The van der Waals surface area contributed by atoms with Gasteiger partial charge in [0.2, 0.25) is 0 Å². The number of rotatable bonds is 24. The summed E-state index contributed by atoms with van der Waals surface area (Å²) in [6.07, 6.45) is 2.12. The molecule has 0 aromatic heterocycles. The van der Waals surface area contributed by atoms with E-state index in [1.54, 1.807) is 0 Å². The molecule has 18 N–H and O–H groups in total. The minimum Gasteiger partial charge on any atom is -0.327 e. The summed E-state index contributed by atoms with van der Waals surface area (Å²) in [6.45, 7) is 70.2. The smallest absolute Gasteiger partial charge is 0.0226 e. The number of likely N-dealkylation sites (N-methyl/N-ethyl adjacent to an activating group) is 2. The summed E-state index contributed by atoms with van der Waals surface area (Å²) in [5, 5.41) is 6.46. The van der Waals surface area contributed by atoms with Crippen molar-refractivity contribution >= 4 is 0 Å². The minimum absolute atomic E-state index is 0.122. The summed E-state index contributed by atoms with van der Waals surface area (Å²) < 4.78 is 0. The molecule has 0 aromatic rings. The molecule has 0 aromatic carbocycles. The first kappa shape index (κ1) is 83.2. The lowest BCUT2D eigenvalue weighted by Gasteiger charge is -2.50. The van der Waals surface area contributed by atoms with E-state index in [4.69, 9.17) is 45.9 Å². The maximum absolute atomic E-state index is 6.14. The van der Waals surface area contributed by atoms with E-state index in [9.17, 15) is 0 Å². The predicted octanol–water partition coefficient (Wildman–Crippen LogP) is 2.46. The molecule has 0 amide bonds. The molecule has 5 rings (SSSR count). The molecule has 5 aliphatic heterocycles.